The molecular formula is C11H17N3O4S. The summed E-state index contributed by atoms with van der Waals surface area (Å²) < 4.78 is 26.3. The van der Waals surface area contributed by atoms with Crippen molar-refractivity contribution in [2.75, 3.05) is 13.1 Å². The first-order chi connectivity index (χ1) is 8.94. The summed E-state index contributed by atoms with van der Waals surface area (Å²) >= 11 is 0. The van der Waals surface area contributed by atoms with Crippen molar-refractivity contribution in [2.45, 2.75) is 42.9 Å². The van der Waals surface area contributed by atoms with Gasteiger partial charge in [-0.05, 0) is 19.3 Å². The molecule has 0 aromatic rings. The maximum atomic E-state index is 12.4. The molecule has 3 aliphatic rings. The van der Waals surface area contributed by atoms with E-state index in [0.29, 0.717) is 25.8 Å². The molecule has 2 heterocycles. The number of hydrogen-bond donors (Lipinski definition) is 2. The zero-order valence-corrected chi connectivity index (χ0v) is 11.3. The number of nitrogens with zero attached hydrogens (tertiary/aromatic N) is 1. The van der Waals surface area contributed by atoms with Crippen LogP contribution < -0.4 is 10.6 Å². The van der Waals surface area contributed by atoms with Crippen molar-refractivity contribution in [2.24, 2.45) is 0 Å². The number of imide groups is 1. The van der Waals surface area contributed by atoms with Gasteiger partial charge in [0.1, 0.15) is 5.54 Å². The zero-order chi connectivity index (χ0) is 13.7. The van der Waals surface area contributed by atoms with Gasteiger partial charge in [0, 0.05) is 13.1 Å². The Balaban J connectivity index is 1.79. The van der Waals surface area contributed by atoms with Crippen molar-refractivity contribution in [1.82, 2.24) is 14.9 Å². The Morgan fingerprint density at radius 1 is 1.21 bits per heavy atom. The number of sulfonamides is 1. The number of carbonyl (C=O) groups excluding carboxylic acids is 2. The van der Waals surface area contributed by atoms with Gasteiger partial charge in [-0.1, -0.05) is 12.8 Å². The predicted octanol–water partition coefficient (Wildman–Crippen LogP) is -0.457. The van der Waals surface area contributed by atoms with Crippen LogP contribution in [0.3, 0.4) is 0 Å². The number of carbonyl (C=O) groups is 2. The van der Waals surface area contributed by atoms with Gasteiger partial charge in [-0.25, -0.2) is 13.2 Å². The molecule has 0 aromatic carbocycles. The molecule has 0 aromatic heterocycles. The molecule has 1 unspecified atom stereocenters. The molecule has 3 amide bonds. The van der Waals surface area contributed by atoms with Crippen LogP contribution in [-0.2, 0) is 14.8 Å². The number of nitrogens with one attached hydrogen (secondary N) is 2. The van der Waals surface area contributed by atoms with Crippen LogP contribution in [0.4, 0.5) is 4.79 Å². The fourth-order valence-electron chi connectivity index (χ4n) is 3.20. The molecule has 0 radical (unpaired) electrons. The molecule has 1 spiro atoms. The summed E-state index contributed by atoms with van der Waals surface area (Å²) in [5, 5.41) is 4.43. The number of rotatable bonds is 2. The Morgan fingerprint density at radius 2 is 1.89 bits per heavy atom. The smallest absolute Gasteiger partial charge is 0.322 e. The van der Waals surface area contributed by atoms with Crippen molar-refractivity contribution in [3.05, 3.63) is 0 Å². The topological polar surface area (TPSA) is 95.6 Å². The molecule has 2 saturated heterocycles. The zero-order valence-electron chi connectivity index (χ0n) is 10.5. The highest BCUT2D eigenvalue weighted by Crippen LogP contribution is 2.32. The summed E-state index contributed by atoms with van der Waals surface area (Å²) in [4.78, 5) is 23.0. The predicted molar refractivity (Wildman–Crippen MR) is 66.8 cm³/mol. The van der Waals surface area contributed by atoms with Crippen LogP contribution in [0, 0.1) is 0 Å². The van der Waals surface area contributed by atoms with E-state index in [4.69, 9.17) is 0 Å². The van der Waals surface area contributed by atoms with Gasteiger partial charge in [0.25, 0.3) is 5.91 Å². The van der Waals surface area contributed by atoms with Gasteiger partial charge < -0.3 is 5.32 Å². The van der Waals surface area contributed by atoms with Crippen LogP contribution in [-0.4, -0.2) is 48.5 Å². The second kappa shape index (κ2) is 4.17. The Kier molecular flexibility index (Phi) is 2.82. The van der Waals surface area contributed by atoms with E-state index >= 15 is 0 Å². The molecule has 106 valence electrons. The van der Waals surface area contributed by atoms with Crippen LogP contribution in [0.2, 0.25) is 0 Å². The van der Waals surface area contributed by atoms with E-state index in [0.717, 1.165) is 12.8 Å². The maximum absolute atomic E-state index is 12.4. The fourth-order valence-corrected chi connectivity index (χ4v) is 5.30. The molecule has 2 aliphatic heterocycles. The third-order valence-corrected chi connectivity index (χ3v) is 6.68. The highest BCUT2D eigenvalue weighted by Gasteiger charge is 2.53. The number of hydrogen-bond acceptors (Lipinski definition) is 4. The first-order valence-corrected chi connectivity index (χ1v) is 8.07. The van der Waals surface area contributed by atoms with Gasteiger partial charge in [-0.15, -0.1) is 0 Å². The van der Waals surface area contributed by atoms with Crippen molar-refractivity contribution >= 4 is 22.0 Å². The molecular weight excluding hydrogens is 270 g/mol. The van der Waals surface area contributed by atoms with Crippen molar-refractivity contribution in [1.29, 1.82) is 0 Å². The van der Waals surface area contributed by atoms with Crippen molar-refractivity contribution in [3.8, 4) is 0 Å². The molecule has 3 fully saturated rings. The van der Waals surface area contributed by atoms with Crippen LogP contribution in [0.25, 0.3) is 0 Å². The molecule has 1 saturated carbocycles. The Labute approximate surface area is 111 Å². The van der Waals surface area contributed by atoms with Crippen LogP contribution in [0.1, 0.15) is 32.1 Å². The highest BCUT2D eigenvalue weighted by molar-refractivity contribution is 7.89. The molecule has 19 heavy (non-hydrogen) atoms. The van der Waals surface area contributed by atoms with E-state index in [-0.39, 0.29) is 11.8 Å². The standard InChI is InChI=1S/C11H17N3O4S/c15-9-11(13-10(16)12-9)5-6-14(7-11)19(17,18)8-3-1-2-4-8/h8H,1-7H2,(H2,12,13,15,16). The van der Waals surface area contributed by atoms with E-state index < -0.39 is 27.5 Å². The van der Waals surface area contributed by atoms with E-state index in [9.17, 15) is 18.0 Å². The van der Waals surface area contributed by atoms with Crippen molar-refractivity contribution < 1.29 is 18.0 Å². The molecule has 1 aliphatic carbocycles. The normalized spacial score (nSPS) is 33.1. The lowest BCUT2D eigenvalue weighted by molar-refractivity contribution is -0.123. The van der Waals surface area contributed by atoms with E-state index in [1.807, 2.05) is 0 Å². The molecule has 2 N–H and O–H groups in total. The van der Waals surface area contributed by atoms with E-state index in [1.165, 1.54) is 4.31 Å². The monoisotopic (exact) mass is 287 g/mol. The van der Waals surface area contributed by atoms with Crippen LogP contribution >= 0.6 is 0 Å². The average molecular weight is 287 g/mol. The summed E-state index contributed by atoms with van der Waals surface area (Å²) in [7, 11) is -3.34. The second-order valence-corrected chi connectivity index (χ2v) is 7.74. The lowest BCUT2D eigenvalue weighted by Gasteiger charge is -2.23. The summed E-state index contributed by atoms with van der Waals surface area (Å²) in [5.74, 6) is -0.415. The van der Waals surface area contributed by atoms with Gasteiger partial charge in [0.15, 0.2) is 0 Å². The number of urea groups is 1. The van der Waals surface area contributed by atoms with Gasteiger partial charge in [-0.2, -0.15) is 4.31 Å². The minimum atomic E-state index is -3.34. The SMILES string of the molecule is O=C1NC(=O)C2(CCN(S(=O)(=O)C3CCCC3)C2)N1. The highest BCUT2D eigenvalue weighted by atomic mass is 32.2. The van der Waals surface area contributed by atoms with Gasteiger partial charge in [0.2, 0.25) is 10.0 Å². The quantitative estimate of drug-likeness (QED) is 0.672. The summed E-state index contributed by atoms with van der Waals surface area (Å²) in [6, 6.07) is -0.537. The Hall–Kier alpha value is -1.15. The summed E-state index contributed by atoms with van der Waals surface area (Å²) in [6.45, 7) is 0.357. The molecule has 7 nitrogen and oxygen atoms in total. The second-order valence-electron chi connectivity index (χ2n) is 5.53. The van der Waals surface area contributed by atoms with Crippen LogP contribution in [0.5, 0.6) is 0 Å². The number of amides is 3. The van der Waals surface area contributed by atoms with Gasteiger partial charge >= 0.3 is 6.03 Å². The van der Waals surface area contributed by atoms with E-state index in [2.05, 4.69) is 10.6 Å². The minimum Gasteiger partial charge on any atom is -0.322 e. The fraction of sp³-hybridized carbons (Fsp3) is 0.818. The summed E-state index contributed by atoms with van der Waals surface area (Å²) in [5.41, 5.74) is -1.05. The van der Waals surface area contributed by atoms with Gasteiger partial charge in [-0.3, -0.25) is 10.1 Å². The maximum Gasteiger partial charge on any atom is 0.322 e. The van der Waals surface area contributed by atoms with Crippen molar-refractivity contribution in [3.63, 3.8) is 0 Å². The first-order valence-electron chi connectivity index (χ1n) is 6.57. The molecule has 8 heteroatoms. The molecule has 0 bridgehead atoms. The Bertz CT molecular complexity index is 526. The largest absolute Gasteiger partial charge is 0.322 e. The minimum absolute atomic E-state index is 0.0589. The Morgan fingerprint density at radius 3 is 2.47 bits per heavy atom. The summed E-state index contributed by atoms with van der Waals surface area (Å²) in [6.07, 6.45) is 3.63. The third-order valence-electron chi connectivity index (χ3n) is 4.33. The molecule has 1 atom stereocenters. The molecule has 3 rings (SSSR count). The first kappa shape index (κ1) is 12.9. The lowest BCUT2D eigenvalue weighted by Crippen LogP contribution is -2.50. The average Bonchev–Trinajstić information content (AvgIpc) is 3.02. The lowest BCUT2D eigenvalue weighted by atomic mass is 10.00. The van der Waals surface area contributed by atoms with E-state index in [1.54, 1.807) is 0 Å². The van der Waals surface area contributed by atoms with Crippen LogP contribution in [0.15, 0.2) is 0 Å². The third kappa shape index (κ3) is 1.93. The van der Waals surface area contributed by atoms with Gasteiger partial charge in [0.05, 0.1) is 5.25 Å².